The van der Waals surface area contributed by atoms with E-state index in [-0.39, 0.29) is 28.9 Å². The first-order chi connectivity index (χ1) is 12.4. The van der Waals surface area contributed by atoms with Gasteiger partial charge in [0.05, 0.1) is 0 Å². The Kier molecular flexibility index (Phi) is 6.02. The molecule has 0 aromatic heterocycles. The van der Waals surface area contributed by atoms with Crippen LogP contribution < -0.4 is 0 Å². The highest BCUT2D eigenvalue weighted by atomic mass is 35.5. The Balaban J connectivity index is 1.58. The third kappa shape index (κ3) is 4.46. The summed E-state index contributed by atoms with van der Waals surface area (Å²) in [4.78, 5) is 0. The molecule has 2 unspecified atom stereocenters. The Bertz CT molecular complexity index is 722. The molecule has 0 saturated carbocycles. The third-order valence-electron chi connectivity index (χ3n) is 6.16. The van der Waals surface area contributed by atoms with Gasteiger partial charge in [0, 0.05) is 16.9 Å². The maximum absolute atomic E-state index is 14.7. The summed E-state index contributed by atoms with van der Waals surface area (Å²) in [7, 11) is 0. The van der Waals surface area contributed by atoms with Crippen LogP contribution in [0.5, 0.6) is 0 Å². The minimum Gasteiger partial charge on any atom is -0.212 e. The van der Waals surface area contributed by atoms with Gasteiger partial charge in [-0.25, -0.2) is 8.78 Å². The van der Waals surface area contributed by atoms with E-state index >= 15 is 0 Å². The summed E-state index contributed by atoms with van der Waals surface area (Å²) in [6, 6.07) is 0. The molecule has 0 radical (unpaired) electrons. The molecule has 3 aliphatic rings. The highest BCUT2D eigenvalue weighted by Gasteiger charge is 2.30. The summed E-state index contributed by atoms with van der Waals surface area (Å²) in [5.41, 5.74) is 1.19. The van der Waals surface area contributed by atoms with Crippen LogP contribution in [0.3, 0.4) is 0 Å². The maximum atomic E-state index is 14.7. The number of rotatable bonds is 5. The van der Waals surface area contributed by atoms with Gasteiger partial charge in [0.2, 0.25) is 0 Å². The second kappa shape index (κ2) is 8.08. The zero-order chi connectivity index (χ0) is 18.7. The lowest BCUT2D eigenvalue weighted by Crippen LogP contribution is -2.24. The molecule has 4 atom stereocenters. The van der Waals surface area contributed by atoms with Crippen molar-refractivity contribution in [2.24, 2.45) is 23.2 Å². The topological polar surface area (TPSA) is 0 Å². The molecule has 0 amide bonds. The van der Waals surface area contributed by atoms with Crippen LogP contribution in [0.25, 0.3) is 0 Å². The van der Waals surface area contributed by atoms with E-state index in [1.165, 1.54) is 6.08 Å². The molecular weight excluding hydrogens is 350 g/mol. The normalized spacial score (nSPS) is 32.5. The van der Waals surface area contributed by atoms with Gasteiger partial charge in [0.1, 0.15) is 11.7 Å². The largest absolute Gasteiger partial charge is 0.212 e. The lowest BCUT2D eigenvalue weighted by Gasteiger charge is -2.34. The molecule has 0 aromatic carbocycles. The number of halogens is 3. The molecule has 0 fully saturated rings. The lowest BCUT2D eigenvalue weighted by atomic mass is 9.70. The fourth-order valence-electron chi connectivity index (χ4n) is 4.04. The van der Waals surface area contributed by atoms with E-state index < -0.39 is 0 Å². The average Bonchev–Trinajstić information content (AvgIpc) is 2.60. The molecule has 0 aromatic rings. The minimum absolute atomic E-state index is 0.104. The first kappa shape index (κ1) is 19.4. The molecule has 0 saturated heterocycles. The molecule has 3 aliphatic carbocycles. The third-order valence-corrected chi connectivity index (χ3v) is 6.42. The Labute approximate surface area is 160 Å². The van der Waals surface area contributed by atoms with Gasteiger partial charge >= 0.3 is 0 Å². The fourth-order valence-corrected chi connectivity index (χ4v) is 4.23. The molecule has 0 heterocycles. The molecule has 0 spiro atoms. The van der Waals surface area contributed by atoms with Gasteiger partial charge in [-0.1, -0.05) is 61.9 Å². The van der Waals surface area contributed by atoms with Crippen LogP contribution in [0.4, 0.5) is 8.78 Å². The molecule has 140 valence electrons. The van der Waals surface area contributed by atoms with Crippen LogP contribution in [-0.4, -0.2) is 0 Å². The van der Waals surface area contributed by atoms with Crippen molar-refractivity contribution in [3.63, 3.8) is 0 Å². The van der Waals surface area contributed by atoms with Gasteiger partial charge in [-0.2, -0.15) is 0 Å². The Morgan fingerprint density at radius 2 is 1.81 bits per heavy atom. The summed E-state index contributed by atoms with van der Waals surface area (Å²) in [5, 5.41) is 0.440. The molecule has 0 bridgehead atoms. The minimum atomic E-state index is -0.256. The van der Waals surface area contributed by atoms with Crippen molar-refractivity contribution < 1.29 is 8.78 Å². The fraction of sp³-hybridized carbons (Fsp3) is 0.478. The quantitative estimate of drug-likeness (QED) is 0.460. The zero-order valence-corrected chi connectivity index (χ0v) is 16.3. The van der Waals surface area contributed by atoms with Crippen LogP contribution in [0.15, 0.2) is 70.9 Å². The van der Waals surface area contributed by atoms with Crippen molar-refractivity contribution in [3.05, 3.63) is 70.9 Å². The van der Waals surface area contributed by atoms with Crippen LogP contribution in [0, 0.1) is 23.2 Å². The zero-order valence-electron chi connectivity index (χ0n) is 15.5. The monoisotopic (exact) mass is 376 g/mol. The second-order valence-electron chi connectivity index (χ2n) is 8.13. The molecule has 3 heteroatoms. The van der Waals surface area contributed by atoms with Crippen LogP contribution in [0.1, 0.15) is 46.0 Å². The van der Waals surface area contributed by atoms with Gasteiger partial charge in [-0.15, -0.1) is 0 Å². The summed E-state index contributed by atoms with van der Waals surface area (Å²) in [5.74, 6) is -0.377. The van der Waals surface area contributed by atoms with Gasteiger partial charge < -0.3 is 0 Å². The van der Waals surface area contributed by atoms with Crippen LogP contribution in [0.2, 0.25) is 0 Å². The first-order valence-electron chi connectivity index (χ1n) is 9.50. The standard InChI is InChI=1S/C23H27ClF2/c1-16(23(2)10-4-3-5-11-23)12-17-6-7-18(21(25)13-17)14-19-8-9-20(24)15-22(19)26/h3-6,9-10,13,15-16,18-19H,7-8,11-12,14H2,1-2H3/t16-,18-,19?,23?/m1/s1. The van der Waals surface area contributed by atoms with E-state index in [4.69, 9.17) is 11.6 Å². The van der Waals surface area contributed by atoms with Gasteiger partial charge in [-0.3, -0.25) is 0 Å². The Morgan fingerprint density at radius 1 is 1.12 bits per heavy atom. The molecule has 3 rings (SSSR count). The van der Waals surface area contributed by atoms with Crippen molar-refractivity contribution in [3.8, 4) is 0 Å². The Morgan fingerprint density at radius 3 is 2.42 bits per heavy atom. The van der Waals surface area contributed by atoms with Crippen molar-refractivity contribution in [1.29, 1.82) is 0 Å². The number of hydrogen-bond donors (Lipinski definition) is 0. The summed E-state index contributed by atoms with van der Waals surface area (Å²) >= 11 is 5.83. The number of hydrogen-bond acceptors (Lipinski definition) is 0. The summed E-state index contributed by atoms with van der Waals surface area (Å²) < 4.78 is 28.7. The first-order valence-corrected chi connectivity index (χ1v) is 9.88. The van der Waals surface area contributed by atoms with Crippen molar-refractivity contribution in [2.75, 3.05) is 0 Å². The van der Waals surface area contributed by atoms with E-state index in [1.807, 2.05) is 6.08 Å². The van der Waals surface area contributed by atoms with Gasteiger partial charge in [-0.05, 0) is 61.2 Å². The van der Waals surface area contributed by atoms with Gasteiger partial charge in [0.25, 0.3) is 0 Å². The number of allylic oxidation sites excluding steroid dienone is 12. The second-order valence-corrected chi connectivity index (χ2v) is 8.57. The van der Waals surface area contributed by atoms with E-state index in [0.717, 1.165) is 18.4 Å². The Hall–Kier alpha value is -1.41. The van der Waals surface area contributed by atoms with Crippen molar-refractivity contribution in [1.82, 2.24) is 0 Å². The SMILES string of the molecule is C[C@H](CC1=CC[C@H](CC2CC=C(Cl)C=C2F)C(F)=C1)C1(C)C=CC=CC1. The molecule has 0 aliphatic heterocycles. The van der Waals surface area contributed by atoms with E-state index in [0.29, 0.717) is 30.2 Å². The van der Waals surface area contributed by atoms with E-state index in [1.54, 1.807) is 6.08 Å². The highest BCUT2D eigenvalue weighted by Crippen LogP contribution is 2.42. The molecular formula is C23H27ClF2. The highest BCUT2D eigenvalue weighted by molar-refractivity contribution is 6.31. The predicted octanol–water partition coefficient (Wildman–Crippen LogP) is 7.72. The van der Waals surface area contributed by atoms with Crippen molar-refractivity contribution >= 4 is 11.6 Å². The summed E-state index contributed by atoms with van der Waals surface area (Å²) in [6.45, 7) is 4.50. The van der Waals surface area contributed by atoms with E-state index in [2.05, 4.69) is 44.2 Å². The lowest BCUT2D eigenvalue weighted by molar-refractivity contribution is 0.274. The average molecular weight is 377 g/mol. The molecule has 0 nitrogen and oxygen atoms in total. The molecule has 26 heavy (non-hydrogen) atoms. The van der Waals surface area contributed by atoms with Crippen molar-refractivity contribution in [2.45, 2.75) is 46.0 Å². The van der Waals surface area contributed by atoms with Crippen LogP contribution in [-0.2, 0) is 0 Å². The maximum Gasteiger partial charge on any atom is 0.105 e. The van der Waals surface area contributed by atoms with Gasteiger partial charge in [0.15, 0.2) is 0 Å². The smallest absolute Gasteiger partial charge is 0.105 e. The molecule has 0 N–H and O–H groups in total. The van der Waals surface area contributed by atoms with E-state index in [9.17, 15) is 8.78 Å². The predicted molar refractivity (Wildman–Crippen MR) is 106 cm³/mol. The van der Waals surface area contributed by atoms with Crippen LogP contribution >= 0.6 is 11.6 Å². The summed E-state index contributed by atoms with van der Waals surface area (Å²) in [6.07, 6.45) is 19.2.